The number of nitrogens with zero attached hydrogens (tertiary/aromatic N) is 4. The highest BCUT2D eigenvalue weighted by Gasteiger charge is 2.37. The van der Waals surface area contributed by atoms with E-state index in [1.807, 2.05) is 23.7 Å². The zero-order valence-electron chi connectivity index (χ0n) is 15.0. The molecule has 7 heteroatoms. The van der Waals surface area contributed by atoms with Crippen molar-refractivity contribution in [2.24, 2.45) is 13.0 Å². The predicted octanol–water partition coefficient (Wildman–Crippen LogP) is 3.97. The van der Waals surface area contributed by atoms with Gasteiger partial charge in [0.05, 0.1) is 29.9 Å². The Morgan fingerprint density at radius 1 is 1.19 bits per heavy atom. The summed E-state index contributed by atoms with van der Waals surface area (Å²) in [6.07, 6.45) is 7.20. The van der Waals surface area contributed by atoms with Crippen LogP contribution in [0.15, 0.2) is 37.1 Å². The maximum Gasteiger partial charge on any atom is 0.248 e. The molecule has 1 saturated carbocycles. The molecule has 1 aliphatic rings. The number of pyridine rings is 2. The Labute approximate surface area is 155 Å². The first-order valence-electron chi connectivity index (χ1n) is 9.03. The largest absolute Gasteiger partial charge is 0.334 e. The van der Waals surface area contributed by atoms with Crippen molar-refractivity contribution in [3.63, 3.8) is 0 Å². The van der Waals surface area contributed by atoms with Crippen LogP contribution in [0, 0.1) is 5.92 Å². The number of carbonyl (C=O) groups is 1. The number of ketones is 1. The van der Waals surface area contributed by atoms with Gasteiger partial charge in [0, 0.05) is 55.1 Å². The van der Waals surface area contributed by atoms with Gasteiger partial charge in [-0.15, -0.1) is 0 Å². The third-order valence-electron chi connectivity index (χ3n) is 5.26. The Balaban J connectivity index is 1.54. The van der Waals surface area contributed by atoms with Crippen LogP contribution >= 0.6 is 0 Å². The molecule has 0 spiro atoms. The van der Waals surface area contributed by atoms with Crippen LogP contribution in [0.1, 0.15) is 31.4 Å². The highest BCUT2D eigenvalue weighted by atomic mass is 19.3. The van der Waals surface area contributed by atoms with E-state index in [1.54, 1.807) is 24.9 Å². The lowest BCUT2D eigenvalue weighted by Crippen LogP contribution is -2.29. The van der Waals surface area contributed by atoms with Crippen LogP contribution in [0.3, 0.4) is 0 Å². The van der Waals surface area contributed by atoms with Crippen molar-refractivity contribution in [3.8, 4) is 11.3 Å². The molecule has 3 aromatic heterocycles. The van der Waals surface area contributed by atoms with Crippen molar-refractivity contribution in [1.82, 2.24) is 19.5 Å². The van der Waals surface area contributed by atoms with Gasteiger partial charge in [0.2, 0.25) is 5.92 Å². The molecule has 140 valence electrons. The molecule has 1 aliphatic carbocycles. The molecule has 0 radical (unpaired) electrons. The first-order chi connectivity index (χ1) is 12.9. The van der Waals surface area contributed by atoms with Gasteiger partial charge in [0.15, 0.2) is 0 Å². The fourth-order valence-corrected chi connectivity index (χ4v) is 3.63. The van der Waals surface area contributed by atoms with Gasteiger partial charge in [-0.05, 0) is 25.0 Å². The number of aryl methyl sites for hydroxylation is 1. The topological polar surface area (TPSA) is 60.7 Å². The van der Waals surface area contributed by atoms with E-state index in [1.165, 1.54) is 0 Å². The van der Waals surface area contributed by atoms with Gasteiger partial charge in [0.25, 0.3) is 0 Å². The van der Waals surface area contributed by atoms with Crippen LogP contribution in [0.5, 0.6) is 0 Å². The second-order valence-electron chi connectivity index (χ2n) is 7.26. The van der Waals surface area contributed by atoms with Crippen LogP contribution < -0.4 is 0 Å². The van der Waals surface area contributed by atoms with E-state index in [9.17, 15) is 13.6 Å². The van der Waals surface area contributed by atoms with E-state index in [0.29, 0.717) is 5.69 Å². The minimum Gasteiger partial charge on any atom is -0.334 e. The molecule has 0 aliphatic heterocycles. The molecule has 0 aromatic carbocycles. The van der Waals surface area contributed by atoms with Gasteiger partial charge in [-0.2, -0.15) is 0 Å². The van der Waals surface area contributed by atoms with Gasteiger partial charge in [0.1, 0.15) is 5.78 Å². The zero-order valence-corrected chi connectivity index (χ0v) is 15.0. The Hall–Kier alpha value is -2.70. The number of imidazole rings is 1. The summed E-state index contributed by atoms with van der Waals surface area (Å²) in [6, 6.07) is 3.85. The number of fused-ring (bicyclic) bond motifs is 1. The molecule has 1 fully saturated rings. The van der Waals surface area contributed by atoms with E-state index in [4.69, 9.17) is 0 Å². The van der Waals surface area contributed by atoms with Crippen LogP contribution in [-0.4, -0.2) is 31.2 Å². The average Bonchev–Trinajstić information content (AvgIpc) is 3.07. The fourth-order valence-electron chi connectivity index (χ4n) is 3.63. The van der Waals surface area contributed by atoms with Crippen molar-refractivity contribution in [2.75, 3.05) is 0 Å². The second kappa shape index (κ2) is 6.79. The quantitative estimate of drug-likeness (QED) is 0.697. The molecule has 0 unspecified atom stereocenters. The Morgan fingerprint density at radius 2 is 1.96 bits per heavy atom. The van der Waals surface area contributed by atoms with E-state index in [2.05, 4.69) is 15.0 Å². The summed E-state index contributed by atoms with van der Waals surface area (Å²) in [5.74, 6) is -2.92. The van der Waals surface area contributed by atoms with Crippen molar-refractivity contribution in [3.05, 3.63) is 42.7 Å². The van der Waals surface area contributed by atoms with Gasteiger partial charge in [-0.25, -0.2) is 13.8 Å². The first-order valence-corrected chi connectivity index (χ1v) is 9.03. The molecule has 0 saturated heterocycles. The third kappa shape index (κ3) is 3.72. The zero-order chi connectivity index (χ0) is 19.0. The van der Waals surface area contributed by atoms with Crippen LogP contribution in [0.4, 0.5) is 8.78 Å². The van der Waals surface area contributed by atoms with E-state index < -0.39 is 5.92 Å². The average molecular weight is 370 g/mol. The predicted molar refractivity (Wildman–Crippen MR) is 97.4 cm³/mol. The molecule has 5 nitrogen and oxygen atoms in total. The number of carbonyl (C=O) groups excluding carboxylic acids is 1. The van der Waals surface area contributed by atoms with Gasteiger partial charge >= 0.3 is 0 Å². The minimum absolute atomic E-state index is 0.00639. The van der Waals surface area contributed by atoms with Gasteiger partial charge < -0.3 is 4.57 Å². The normalized spacial score (nSPS) is 17.3. The second-order valence-corrected chi connectivity index (χ2v) is 7.26. The number of rotatable bonds is 4. The number of aromatic nitrogens is 4. The summed E-state index contributed by atoms with van der Waals surface area (Å²) in [4.78, 5) is 25.4. The van der Waals surface area contributed by atoms with Crippen LogP contribution in [-0.2, 0) is 18.3 Å². The highest BCUT2D eigenvalue weighted by Crippen LogP contribution is 2.36. The molecule has 0 amide bonds. The van der Waals surface area contributed by atoms with E-state index in [0.717, 1.165) is 22.2 Å². The fraction of sp³-hybridized carbons (Fsp3) is 0.400. The van der Waals surface area contributed by atoms with Gasteiger partial charge in [-0.3, -0.25) is 14.8 Å². The number of halogens is 2. The van der Waals surface area contributed by atoms with Crippen LogP contribution in [0.2, 0.25) is 0 Å². The highest BCUT2D eigenvalue weighted by molar-refractivity contribution is 5.86. The number of Topliss-reactive ketones (excluding diaryl/α,β-unsaturated/α-hetero) is 1. The minimum atomic E-state index is -2.62. The number of hydrogen-bond acceptors (Lipinski definition) is 4. The molecule has 27 heavy (non-hydrogen) atoms. The van der Waals surface area contributed by atoms with Crippen molar-refractivity contribution in [2.45, 2.75) is 38.0 Å². The Bertz CT molecular complexity index is 989. The maximum atomic E-state index is 13.3. The summed E-state index contributed by atoms with van der Waals surface area (Å²) in [5.41, 5.74) is 3.27. The number of hydrogen-bond donors (Lipinski definition) is 0. The number of alkyl halides is 2. The molecular formula is C20H20F2N4O. The van der Waals surface area contributed by atoms with Crippen molar-refractivity contribution < 1.29 is 13.6 Å². The van der Waals surface area contributed by atoms with E-state index in [-0.39, 0.29) is 43.8 Å². The molecule has 4 rings (SSSR count). The Morgan fingerprint density at radius 3 is 2.67 bits per heavy atom. The standard InChI is InChI=1S/C20H20F2N4O/c1-26-12-23-11-18(26)15-6-14-7-16(24-10-17(14)25-9-15)8-19(27)13-2-4-20(21,22)5-3-13/h6-7,9-13H,2-5,8H2,1H3. The van der Waals surface area contributed by atoms with Crippen molar-refractivity contribution >= 4 is 16.7 Å². The molecule has 0 bridgehead atoms. The molecule has 3 aromatic rings. The molecule has 0 atom stereocenters. The Kier molecular flexibility index (Phi) is 4.45. The summed E-state index contributed by atoms with van der Waals surface area (Å²) in [6.45, 7) is 0. The van der Waals surface area contributed by atoms with Crippen molar-refractivity contribution in [1.29, 1.82) is 0 Å². The molecule has 0 N–H and O–H groups in total. The summed E-state index contributed by atoms with van der Waals surface area (Å²) in [5, 5.41) is 0.890. The lowest BCUT2D eigenvalue weighted by Gasteiger charge is -2.27. The summed E-state index contributed by atoms with van der Waals surface area (Å²) < 4.78 is 28.5. The van der Waals surface area contributed by atoms with E-state index >= 15 is 0 Å². The third-order valence-corrected chi connectivity index (χ3v) is 5.26. The van der Waals surface area contributed by atoms with Gasteiger partial charge in [-0.1, -0.05) is 0 Å². The van der Waals surface area contributed by atoms with Crippen LogP contribution in [0.25, 0.3) is 22.2 Å². The monoisotopic (exact) mass is 370 g/mol. The summed E-state index contributed by atoms with van der Waals surface area (Å²) >= 11 is 0. The first kappa shape index (κ1) is 17.7. The lowest BCUT2D eigenvalue weighted by molar-refractivity contribution is -0.126. The SMILES string of the molecule is Cn1cncc1-c1cnc2cnc(CC(=O)C3CCC(F)(F)CC3)cc2c1. The maximum absolute atomic E-state index is 13.3. The molecular weight excluding hydrogens is 350 g/mol. The molecule has 3 heterocycles. The summed E-state index contributed by atoms with van der Waals surface area (Å²) in [7, 11) is 1.91. The smallest absolute Gasteiger partial charge is 0.248 e. The lowest BCUT2D eigenvalue weighted by atomic mass is 9.83.